The Bertz CT molecular complexity index is 644. The van der Waals surface area contributed by atoms with Crippen LogP contribution in [0.2, 0.25) is 5.02 Å². The molecular formula is C15H19ClN4. The molecule has 0 spiro atoms. The third-order valence-corrected chi connectivity index (χ3v) is 4.29. The summed E-state index contributed by atoms with van der Waals surface area (Å²) in [5, 5.41) is 8.74. The van der Waals surface area contributed by atoms with Gasteiger partial charge >= 0.3 is 0 Å². The number of hydrogen-bond acceptors (Lipinski definition) is 3. The fourth-order valence-electron chi connectivity index (χ4n) is 2.20. The molecule has 1 aliphatic rings. The Balaban J connectivity index is 1.92. The van der Waals surface area contributed by atoms with Crippen LogP contribution < -0.4 is 5.32 Å². The average Bonchev–Trinajstić information content (AvgIpc) is 3.22. The molecular weight excluding hydrogens is 272 g/mol. The van der Waals surface area contributed by atoms with E-state index in [9.17, 15) is 0 Å². The molecule has 0 bridgehead atoms. The van der Waals surface area contributed by atoms with E-state index in [2.05, 4.69) is 29.2 Å². The summed E-state index contributed by atoms with van der Waals surface area (Å²) in [6.45, 7) is 6.95. The largest absolute Gasteiger partial charge is 0.310 e. The minimum atomic E-state index is 0.665. The van der Waals surface area contributed by atoms with Crippen molar-refractivity contribution in [1.29, 1.82) is 0 Å². The number of nitrogens with one attached hydrogen (secondary N) is 1. The van der Waals surface area contributed by atoms with Crippen LogP contribution in [0.4, 0.5) is 0 Å². The Morgan fingerprint density at radius 3 is 2.70 bits per heavy atom. The van der Waals surface area contributed by atoms with Gasteiger partial charge in [0.1, 0.15) is 0 Å². The minimum absolute atomic E-state index is 0.665. The lowest BCUT2D eigenvalue weighted by atomic mass is 10.2. The second-order valence-corrected chi connectivity index (χ2v) is 5.90. The second-order valence-electron chi connectivity index (χ2n) is 5.50. The molecule has 3 rings (SSSR count). The van der Waals surface area contributed by atoms with E-state index < -0.39 is 0 Å². The van der Waals surface area contributed by atoms with Crippen molar-refractivity contribution in [3.8, 4) is 5.82 Å². The number of pyridine rings is 1. The van der Waals surface area contributed by atoms with Crippen molar-refractivity contribution < 1.29 is 0 Å². The highest BCUT2D eigenvalue weighted by Gasteiger charge is 2.20. The molecule has 0 aliphatic heterocycles. The Labute approximate surface area is 124 Å². The van der Waals surface area contributed by atoms with Crippen LogP contribution in [0.25, 0.3) is 5.82 Å². The number of hydrogen-bond donors (Lipinski definition) is 1. The first-order chi connectivity index (χ1) is 9.56. The first-order valence-electron chi connectivity index (χ1n) is 6.97. The van der Waals surface area contributed by atoms with Crippen LogP contribution in [0.1, 0.15) is 35.4 Å². The van der Waals surface area contributed by atoms with Crippen molar-refractivity contribution in [3.63, 3.8) is 0 Å². The molecule has 0 aromatic carbocycles. The number of halogens is 1. The van der Waals surface area contributed by atoms with E-state index in [0.717, 1.165) is 29.3 Å². The van der Waals surface area contributed by atoms with E-state index in [1.807, 2.05) is 17.7 Å². The Morgan fingerprint density at radius 2 is 2.10 bits per heavy atom. The summed E-state index contributed by atoms with van der Waals surface area (Å²) >= 11 is 6.23. The van der Waals surface area contributed by atoms with Crippen molar-refractivity contribution in [2.24, 2.45) is 0 Å². The van der Waals surface area contributed by atoms with E-state index in [1.165, 1.54) is 18.4 Å². The van der Waals surface area contributed by atoms with E-state index >= 15 is 0 Å². The summed E-state index contributed by atoms with van der Waals surface area (Å²) in [7, 11) is 0. The molecule has 0 amide bonds. The zero-order valence-electron chi connectivity index (χ0n) is 12.1. The molecule has 0 unspecified atom stereocenters. The first-order valence-corrected chi connectivity index (χ1v) is 7.35. The van der Waals surface area contributed by atoms with Crippen LogP contribution in [-0.2, 0) is 6.54 Å². The molecule has 5 heteroatoms. The summed E-state index contributed by atoms with van der Waals surface area (Å²) in [4.78, 5) is 4.41. The lowest BCUT2D eigenvalue weighted by Gasteiger charge is -2.09. The summed E-state index contributed by atoms with van der Waals surface area (Å²) in [6.07, 6.45) is 4.25. The van der Waals surface area contributed by atoms with E-state index in [0.29, 0.717) is 11.1 Å². The van der Waals surface area contributed by atoms with E-state index in [-0.39, 0.29) is 0 Å². The van der Waals surface area contributed by atoms with Gasteiger partial charge in [-0.25, -0.2) is 9.67 Å². The van der Waals surface area contributed by atoms with Crippen LogP contribution in [0.5, 0.6) is 0 Å². The molecule has 4 nitrogen and oxygen atoms in total. The molecule has 1 aliphatic carbocycles. The van der Waals surface area contributed by atoms with Gasteiger partial charge in [-0.3, -0.25) is 0 Å². The van der Waals surface area contributed by atoms with Crippen molar-refractivity contribution in [1.82, 2.24) is 20.1 Å². The highest BCUT2D eigenvalue weighted by Crippen LogP contribution is 2.23. The van der Waals surface area contributed by atoms with Gasteiger partial charge in [0.25, 0.3) is 0 Å². The van der Waals surface area contributed by atoms with Gasteiger partial charge in [-0.15, -0.1) is 0 Å². The number of rotatable bonds is 4. The highest BCUT2D eigenvalue weighted by molar-refractivity contribution is 6.31. The molecule has 1 fully saturated rings. The van der Waals surface area contributed by atoms with Crippen molar-refractivity contribution >= 4 is 11.6 Å². The fraction of sp³-hybridized carbons (Fsp3) is 0.467. The van der Waals surface area contributed by atoms with Crippen LogP contribution in [-0.4, -0.2) is 20.8 Å². The monoisotopic (exact) mass is 290 g/mol. The lowest BCUT2D eigenvalue weighted by molar-refractivity contribution is 0.685. The number of aromatic nitrogens is 3. The zero-order valence-corrected chi connectivity index (χ0v) is 12.8. The predicted molar refractivity (Wildman–Crippen MR) is 80.4 cm³/mol. The van der Waals surface area contributed by atoms with Gasteiger partial charge in [-0.05, 0) is 50.8 Å². The minimum Gasteiger partial charge on any atom is -0.310 e. The van der Waals surface area contributed by atoms with Crippen LogP contribution >= 0.6 is 11.6 Å². The zero-order chi connectivity index (χ0) is 14.3. The summed E-state index contributed by atoms with van der Waals surface area (Å²) in [5.41, 5.74) is 4.45. The molecule has 0 atom stereocenters. The number of aryl methyl sites for hydroxylation is 1. The fourth-order valence-corrected chi connectivity index (χ4v) is 2.37. The maximum atomic E-state index is 6.23. The second kappa shape index (κ2) is 5.19. The molecule has 1 N–H and O–H groups in total. The van der Waals surface area contributed by atoms with Crippen molar-refractivity contribution in [3.05, 3.63) is 39.8 Å². The van der Waals surface area contributed by atoms with E-state index in [4.69, 9.17) is 11.6 Å². The topological polar surface area (TPSA) is 42.7 Å². The third kappa shape index (κ3) is 2.58. The van der Waals surface area contributed by atoms with Crippen LogP contribution in [0.3, 0.4) is 0 Å². The van der Waals surface area contributed by atoms with Gasteiger partial charge in [-0.1, -0.05) is 11.6 Å². The molecule has 0 radical (unpaired) electrons. The Kier molecular flexibility index (Phi) is 3.52. The normalized spacial score (nSPS) is 14.8. The molecule has 2 heterocycles. The molecule has 2 aromatic heterocycles. The van der Waals surface area contributed by atoms with Gasteiger partial charge in [0, 0.05) is 24.5 Å². The molecule has 106 valence electrons. The van der Waals surface area contributed by atoms with Gasteiger partial charge in [0.2, 0.25) is 0 Å². The summed E-state index contributed by atoms with van der Waals surface area (Å²) < 4.78 is 1.89. The van der Waals surface area contributed by atoms with Gasteiger partial charge in [0.15, 0.2) is 5.82 Å². The predicted octanol–water partition coefficient (Wildman–Crippen LogP) is 3.10. The Hall–Kier alpha value is -1.39. The van der Waals surface area contributed by atoms with Crippen LogP contribution in [0, 0.1) is 20.8 Å². The standard InChI is InChI=1S/C15H19ClN4/c1-9-10(2)19-20(11(9)3)15-6-12(14(16)8-18-15)7-17-13-4-5-13/h6,8,13,17H,4-5,7H2,1-3H3. The number of nitrogens with zero attached hydrogens (tertiary/aromatic N) is 3. The molecule has 2 aromatic rings. The van der Waals surface area contributed by atoms with Crippen molar-refractivity contribution in [2.45, 2.75) is 46.2 Å². The van der Waals surface area contributed by atoms with Crippen molar-refractivity contribution in [2.75, 3.05) is 0 Å². The third-order valence-electron chi connectivity index (χ3n) is 3.95. The maximum absolute atomic E-state index is 6.23. The summed E-state index contributed by atoms with van der Waals surface area (Å²) in [6, 6.07) is 2.69. The maximum Gasteiger partial charge on any atom is 0.154 e. The van der Waals surface area contributed by atoms with Gasteiger partial charge in [0.05, 0.1) is 10.7 Å². The average molecular weight is 291 g/mol. The molecule has 0 saturated heterocycles. The van der Waals surface area contributed by atoms with E-state index in [1.54, 1.807) is 6.20 Å². The SMILES string of the molecule is Cc1nn(-c2cc(CNC3CC3)c(Cl)cn2)c(C)c1C. The van der Waals surface area contributed by atoms with Gasteiger partial charge < -0.3 is 5.32 Å². The highest BCUT2D eigenvalue weighted by atomic mass is 35.5. The smallest absolute Gasteiger partial charge is 0.154 e. The molecule has 20 heavy (non-hydrogen) atoms. The summed E-state index contributed by atoms with van der Waals surface area (Å²) in [5.74, 6) is 0.829. The van der Waals surface area contributed by atoms with Gasteiger partial charge in [-0.2, -0.15) is 5.10 Å². The lowest BCUT2D eigenvalue weighted by Crippen LogP contribution is -2.16. The van der Waals surface area contributed by atoms with Crippen LogP contribution in [0.15, 0.2) is 12.3 Å². The molecule has 1 saturated carbocycles. The Morgan fingerprint density at radius 1 is 1.35 bits per heavy atom. The quantitative estimate of drug-likeness (QED) is 0.941. The first kappa shape index (κ1) is 13.6.